The van der Waals surface area contributed by atoms with E-state index in [1.165, 1.54) is 18.0 Å². The van der Waals surface area contributed by atoms with Crippen molar-refractivity contribution in [3.8, 4) is 11.5 Å². The Labute approximate surface area is 247 Å². The maximum Gasteiger partial charge on any atom is 0.344 e. The number of piperidine rings is 1. The SMILES string of the molecule is CCCCN(C(=O)N=c1ccn(O)cc1)C1CCN(Cc2ccc(Oc3ccc(NS(C)(=O)=O)cc3)cc2)CC1.Cl. The van der Waals surface area contributed by atoms with E-state index in [0.717, 1.165) is 56.3 Å². The van der Waals surface area contributed by atoms with Crippen LogP contribution in [-0.2, 0) is 16.6 Å². The van der Waals surface area contributed by atoms with Crippen molar-refractivity contribution in [1.29, 1.82) is 0 Å². The molecule has 0 radical (unpaired) electrons. The maximum atomic E-state index is 13.0. The van der Waals surface area contributed by atoms with Crippen LogP contribution in [0.15, 0.2) is 78.0 Å². The molecular weight excluding hydrogens is 566 g/mol. The Morgan fingerprint density at radius 1 is 1.02 bits per heavy atom. The van der Waals surface area contributed by atoms with Gasteiger partial charge in [-0.05, 0) is 73.4 Å². The normalized spacial score (nSPS) is 14.1. The second-order valence-corrected chi connectivity index (χ2v) is 11.8. The average molecular weight is 604 g/mol. The number of nitrogens with zero attached hydrogens (tertiary/aromatic N) is 4. The molecule has 1 aromatic heterocycles. The van der Waals surface area contributed by atoms with Gasteiger partial charge in [-0.2, -0.15) is 4.99 Å². The van der Waals surface area contributed by atoms with Crippen molar-refractivity contribution in [2.24, 2.45) is 4.99 Å². The standard InChI is InChI=1S/C29H37N5O5S.ClH/c1-3-4-17-34(29(35)30-24-13-20-33(36)21-14-24)26-15-18-32(19-16-26)22-23-5-9-27(10-6-23)39-28-11-7-25(8-12-28)31-40(2,37)38;/h5-14,20-21,26,31,36H,3-4,15-19,22H2,1-2H3;1H. The molecule has 2 amide bonds. The molecule has 41 heavy (non-hydrogen) atoms. The van der Waals surface area contributed by atoms with Gasteiger partial charge in [0.1, 0.15) is 11.5 Å². The van der Waals surface area contributed by atoms with Crippen LogP contribution in [0.5, 0.6) is 11.5 Å². The molecule has 2 heterocycles. The Morgan fingerprint density at radius 3 is 2.17 bits per heavy atom. The quantitative estimate of drug-likeness (QED) is 0.312. The number of likely N-dealkylation sites (tertiary alicyclic amines) is 1. The van der Waals surface area contributed by atoms with E-state index in [-0.39, 0.29) is 24.5 Å². The smallest absolute Gasteiger partial charge is 0.344 e. The molecule has 3 aromatic rings. The van der Waals surface area contributed by atoms with E-state index in [1.807, 2.05) is 29.2 Å². The lowest BCUT2D eigenvalue weighted by atomic mass is 10.0. The van der Waals surface area contributed by atoms with Gasteiger partial charge in [-0.1, -0.05) is 25.5 Å². The van der Waals surface area contributed by atoms with Crippen molar-refractivity contribution in [3.63, 3.8) is 0 Å². The first-order chi connectivity index (χ1) is 19.2. The average Bonchev–Trinajstić information content (AvgIpc) is 2.92. The van der Waals surface area contributed by atoms with Crippen LogP contribution in [-0.4, -0.2) is 66.1 Å². The Bertz CT molecular complexity index is 1420. The fourth-order valence-corrected chi connectivity index (χ4v) is 5.24. The Balaban J connectivity index is 0.00000462. The minimum atomic E-state index is -3.32. The Morgan fingerprint density at radius 2 is 1.61 bits per heavy atom. The topological polar surface area (TPSA) is 116 Å². The van der Waals surface area contributed by atoms with Gasteiger partial charge in [-0.3, -0.25) is 9.62 Å². The number of ether oxygens (including phenoxy) is 1. The van der Waals surface area contributed by atoms with Gasteiger partial charge in [0, 0.05) is 50.3 Å². The van der Waals surface area contributed by atoms with E-state index in [2.05, 4.69) is 21.5 Å². The number of carbonyl (C=O) groups is 1. The lowest BCUT2D eigenvalue weighted by Gasteiger charge is -2.37. The first kappa shape index (κ1) is 32.0. The number of urea groups is 1. The number of anilines is 1. The zero-order valence-electron chi connectivity index (χ0n) is 23.3. The van der Waals surface area contributed by atoms with Crippen LogP contribution in [0.4, 0.5) is 10.5 Å². The Hall–Kier alpha value is -3.54. The first-order valence-electron chi connectivity index (χ1n) is 13.5. The van der Waals surface area contributed by atoms with Crippen LogP contribution in [0, 0.1) is 0 Å². The molecule has 0 spiro atoms. The zero-order valence-corrected chi connectivity index (χ0v) is 25.0. The number of rotatable bonds is 10. The van der Waals surface area contributed by atoms with E-state index < -0.39 is 10.0 Å². The van der Waals surface area contributed by atoms with E-state index in [4.69, 9.17) is 4.74 Å². The number of aromatic nitrogens is 1. The summed E-state index contributed by atoms with van der Waals surface area (Å²) in [7, 11) is -3.32. The third kappa shape index (κ3) is 10.1. The highest BCUT2D eigenvalue weighted by atomic mass is 35.5. The number of sulfonamides is 1. The molecule has 4 rings (SSSR count). The third-order valence-corrected chi connectivity index (χ3v) is 7.35. The summed E-state index contributed by atoms with van der Waals surface area (Å²) in [5.74, 6) is 1.32. The van der Waals surface area contributed by atoms with Crippen molar-refractivity contribution in [3.05, 3.63) is 84.0 Å². The van der Waals surface area contributed by atoms with Gasteiger partial charge in [-0.25, -0.2) is 17.9 Å². The van der Waals surface area contributed by atoms with Gasteiger partial charge >= 0.3 is 6.03 Å². The second kappa shape index (κ2) is 14.9. The van der Waals surface area contributed by atoms with E-state index in [0.29, 0.717) is 29.1 Å². The van der Waals surface area contributed by atoms with Crippen LogP contribution in [0.1, 0.15) is 38.2 Å². The Kier molecular flexibility index (Phi) is 11.6. The highest BCUT2D eigenvalue weighted by molar-refractivity contribution is 7.92. The lowest BCUT2D eigenvalue weighted by Crippen LogP contribution is -2.47. The van der Waals surface area contributed by atoms with Crippen molar-refractivity contribution >= 4 is 34.1 Å². The number of pyridine rings is 1. The number of carbonyl (C=O) groups excluding carboxylic acids is 1. The summed E-state index contributed by atoms with van der Waals surface area (Å²) >= 11 is 0. The van der Waals surface area contributed by atoms with Gasteiger partial charge in [-0.15, -0.1) is 12.4 Å². The van der Waals surface area contributed by atoms with Crippen LogP contribution in [0.25, 0.3) is 0 Å². The molecule has 1 fully saturated rings. The minimum absolute atomic E-state index is 0. The fourth-order valence-electron chi connectivity index (χ4n) is 4.67. The first-order valence-corrected chi connectivity index (χ1v) is 15.4. The minimum Gasteiger partial charge on any atom is -0.457 e. The van der Waals surface area contributed by atoms with Gasteiger partial charge in [0.05, 0.1) is 11.6 Å². The molecule has 0 saturated carbocycles. The highest BCUT2D eigenvalue weighted by Gasteiger charge is 2.27. The molecule has 2 N–H and O–H groups in total. The van der Waals surface area contributed by atoms with Crippen LogP contribution >= 0.6 is 12.4 Å². The molecule has 1 aliphatic rings. The lowest BCUT2D eigenvalue weighted by molar-refractivity contribution is 0.120. The van der Waals surface area contributed by atoms with Gasteiger partial charge < -0.3 is 14.8 Å². The summed E-state index contributed by atoms with van der Waals surface area (Å²) in [6, 6.07) is 17.9. The van der Waals surface area contributed by atoms with Crippen molar-refractivity contribution in [1.82, 2.24) is 14.5 Å². The maximum absolute atomic E-state index is 13.0. The molecule has 10 nitrogen and oxygen atoms in total. The predicted molar refractivity (Wildman–Crippen MR) is 161 cm³/mol. The molecule has 1 saturated heterocycles. The van der Waals surface area contributed by atoms with Crippen molar-refractivity contribution in [2.45, 2.75) is 45.2 Å². The molecule has 0 unspecified atom stereocenters. The molecular formula is C29H38ClN5O5S. The molecule has 1 aliphatic heterocycles. The molecule has 0 bridgehead atoms. The summed E-state index contributed by atoms with van der Waals surface area (Å²) in [4.78, 5) is 21.6. The fraction of sp³-hybridized carbons (Fsp3) is 0.379. The van der Waals surface area contributed by atoms with Gasteiger partial charge in [0.15, 0.2) is 0 Å². The number of amides is 2. The van der Waals surface area contributed by atoms with Crippen LogP contribution < -0.4 is 14.8 Å². The van der Waals surface area contributed by atoms with Gasteiger partial charge in [0.25, 0.3) is 0 Å². The second-order valence-electron chi connectivity index (χ2n) is 10.0. The number of unbranched alkanes of at least 4 members (excludes halogenated alkanes) is 1. The monoisotopic (exact) mass is 603 g/mol. The zero-order chi connectivity index (χ0) is 28.5. The summed E-state index contributed by atoms with van der Waals surface area (Å²) < 4.78 is 32.0. The van der Waals surface area contributed by atoms with Crippen molar-refractivity contribution in [2.75, 3.05) is 30.6 Å². The van der Waals surface area contributed by atoms with Crippen LogP contribution in [0.3, 0.4) is 0 Å². The highest BCUT2D eigenvalue weighted by Crippen LogP contribution is 2.25. The molecule has 0 aliphatic carbocycles. The summed E-state index contributed by atoms with van der Waals surface area (Å²) in [5.41, 5.74) is 1.66. The van der Waals surface area contributed by atoms with E-state index in [1.54, 1.807) is 36.4 Å². The number of benzene rings is 2. The third-order valence-electron chi connectivity index (χ3n) is 6.74. The number of hydrogen-bond acceptors (Lipinski definition) is 6. The summed E-state index contributed by atoms with van der Waals surface area (Å²) in [5, 5.41) is 9.94. The number of nitrogens with one attached hydrogen (secondary N) is 1. The van der Waals surface area contributed by atoms with E-state index in [9.17, 15) is 18.4 Å². The molecule has 12 heteroatoms. The van der Waals surface area contributed by atoms with Crippen LogP contribution in [0.2, 0.25) is 0 Å². The predicted octanol–water partition coefficient (Wildman–Crippen LogP) is 5.10. The summed E-state index contributed by atoms with van der Waals surface area (Å²) in [6.07, 6.45) is 7.74. The molecule has 2 aromatic carbocycles. The summed E-state index contributed by atoms with van der Waals surface area (Å²) in [6.45, 7) is 5.40. The van der Waals surface area contributed by atoms with Gasteiger partial charge in [0.2, 0.25) is 10.0 Å². The molecule has 0 atom stereocenters. The van der Waals surface area contributed by atoms with E-state index >= 15 is 0 Å². The number of hydrogen-bond donors (Lipinski definition) is 2. The molecule has 222 valence electrons. The largest absolute Gasteiger partial charge is 0.457 e. The number of halogens is 1. The van der Waals surface area contributed by atoms with Crippen molar-refractivity contribution < 1.29 is 23.2 Å².